The summed E-state index contributed by atoms with van der Waals surface area (Å²) in [6.07, 6.45) is 3.12. The van der Waals surface area contributed by atoms with E-state index in [1.54, 1.807) is 25.4 Å². The van der Waals surface area contributed by atoms with Crippen LogP contribution in [0.2, 0.25) is 0 Å². The normalized spacial score (nSPS) is 12.3. The molecule has 1 aliphatic rings. The van der Waals surface area contributed by atoms with Crippen LogP contribution in [0.4, 0.5) is 17.1 Å². The lowest BCUT2D eigenvalue weighted by atomic mass is 9.95. The second-order valence-corrected chi connectivity index (χ2v) is 5.92. The zero-order chi connectivity index (χ0) is 19.6. The molecule has 1 amide bonds. The summed E-state index contributed by atoms with van der Waals surface area (Å²) in [5.74, 6) is -1.59. The molecule has 0 radical (unpaired) electrons. The fourth-order valence-electron chi connectivity index (χ4n) is 2.93. The van der Waals surface area contributed by atoms with Crippen LogP contribution in [0.15, 0.2) is 61.3 Å². The Labute approximate surface area is 156 Å². The summed E-state index contributed by atoms with van der Waals surface area (Å²) < 4.78 is 0. The van der Waals surface area contributed by atoms with E-state index in [1.807, 2.05) is 24.3 Å². The molecule has 4 N–H and O–H groups in total. The maximum Gasteiger partial charge on any atom is 0.337 e. The Morgan fingerprint density at radius 1 is 1.19 bits per heavy atom. The number of hydrogen-bond acceptors (Lipinski definition) is 4. The van der Waals surface area contributed by atoms with Gasteiger partial charge in [-0.25, -0.2) is 4.79 Å². The number of carboxylic acids is 1. The number of carbonyl (C=O) groups is 2. The Balaban J connectivity index is 1.95. The second kappa shape index (κ2) is 7.21. The smallest absolute Gasteiger partial charge is 0.337 e. The minimum absolute atomic E-state index is 0.0207. The first-order valence-corrected chi connectivity index (χ1v) is 8.24. The van der Waals surface area contributed by atoms with Crippen LogP contribution >= 0.6 is 0 Å². The number of carboxylic acid groups (broad SMARTS) is 1. The van der Waals surface area contributed by atoms with Crippen molar-refractivity contribution in [1.82, 2.24) is 0 Å². The van der Waals surface area contributed by atoms with E-state index < -0.39 is 11.9 Å². The number of amides is 1. The van der Waals surface area contributed by atoms with E-state index in [1.165, 1.54) is 6.07 Å². The molecule has 6 nitrogen and oxygen atoms in total. The highest BCUT2D eigenvalue weighted by atomic mass is 16.4. The summed E-state index contributed by atoms with van der Waals surface area (Å²) >= 11 is 0. The van der Waals surface area contributed by atoms with Crippen molar-refractivity contribution in [2.24, 2.45) is 0 Å². The van der Waals surface area contributed by atoms with Crippen LogP contribution in [-0.2, 0) is 4.79 Å². The number of hydrogen-bond donors (Lipinski definition) is 4. The Morgan fingerprint density at radius 3 is 2.59 bits per heavy atom. The van der Waals surface area contributed by atoms with Gasteiger partial charge in [-0.1, -0.05) is 37.4 Å². The lowest BCUT2D eigenvalue weighted by Crippen LogP contribution is -2.20. The topological polar surface area (TPSA) is 90.5 Å². The van der Waals surface area contributed by atoms with Gasteiger partial charge >= 0.3 is 5.97 Å². The monoisotopic (exact) mass is 361 g/mol. The van der Waals surface area contributed by atoms with Gasteiger partial charge < -0.3 is 21.1 Å². The minimum atomic E-state index is -1.14. The summed E-state index contributed by atoms with van der Waals surface area (Å²) in [5, 5.41) is 18.2. The molecule has 0 aromatic heterocycles. The van der Waals surface area contributed by atoms with E-state index in [4.69, 9.17) is 0 Å². The maximum absolute atomic E-state index is 12.8. The summed E-state index contributed by atoms with van der Waals surface area (Å²) in [4.78, 5) is 24.4. The minimum Gasteiger partial charge on any atom is -0.478 e. The zero-order valence-electron chi connectivity index (χ0n) is 14.8. The molecule has 0 saturated carbocycles. The van der Waals surface area contributed by atoms with Crippen molar-refractivity contribution in [1.29, 1.82) is 0 Å². The van der Waals surface area contributed by atoms with Crippen molar-refractivity contribution in [2.45, 2.75) is 0 Å². The first-order valence-electron chi connectivity index (χ1n) is 8.24. The third-order valence-corrected chi connectivity index (χ3v) is 4.35. The molecule has 2 aromatic rings. The molecular formula is C21H19N3O3. The molecule has 1 aliphatic heterocycles. The van der Waals surface area contributed by atoms with Gasteiger partial charge in [0.2, 0.25) is 0 Å². The van der Waals surface area contributed by atoms with Gasteiger partial charge in [0.05, 0.1) is 16.8 Å². The van der Waals surface area contributed by atoms with E-state index in [2.05, 4.69) is 29.1 Å². The highest BCUT2D eigenvalue weighted by molar-refractivity contribution is 6.18. The van der Waals surface area contributed by atoms with Crippen LogP contribution in [0, 0.1) is 0 Å². The molecule has 2 aromatic carbocycles. The van der Waals surface area contributed by atoms with Crippen LogP contribution < -0.4 is 16.0 Å². The number of benzene rings is 2. The lowest BCUT2D eigenvalue weighted by molar-refractivity contribution is -0.112. The van der Waals surface area contributed by atoms with Crippen LogP contribution in [0.1, 0.15) is 21.5 Å². The molecule has 0 unspecified atom stereocenters. The summed E-state index contributed by atoms with van der Waals surface area (Å²) in [6, 6.07) is 10.5. The third kappa shape index (κ3) is 3.32. The standard InChI is InChI=1S/C21H19N3O3/c1-4-13-9-15(21(26)27)19(10-18(13)22-3)24-20(25)16-11-23-17-8-6-5-7-14(17)12(16)2/h4-11,22-23H,1-2H2,3H3,(H,24,25)(H,26,27). The van der Waals surface area contributed by atoms with Gasteiger partial charge in [0.1, 0.15) is 0 Å². The van der Waals surface area contributed by atoms with E-state index >= 15 is 0 Å². The van der Waals surface area contributed by atoms with Gasteiger partial charge in [0.15, 0.2) is 0 Å². The summed E-state index contributed by atoms with van der Waals surface area (Å²) in [7, 11) is 1.71. The van der Waals surface area contributed by atoms with Crippen molar-refractivity contribution in [3.8, 4) is 0 Å². The van der Waals surface area contributed by atoms with E-state index in [0.717, 1.165) is 11.3 Å². The fourth-order valence-corrected chi connectivity index (χ4v) is 2.93. The quantitative estimate of drug-likeness (QED) is 0.645. The molecule has 6 heteroatoms. The van der Waals surface area contributed by atoms with E-state index in [-0.39, 0.29) is 11.3 Å². The van der Waals surface area contributed by atoms with Gasteiger partial charge in [-0.3, -0.25) is 4.79 Å². The molecule has 0 spiro atoms. The Morgan fingerprint density at radius 2 is 1.93 bits per heavy atom. The average molecular weight is 361 g/mol. The fraction of sp³-hybridized carbons (Fsp3) is 0.0476. The predicted molar refractivity (Wildman–Crippen MR) is 109 cm³/mol. The Hall–Kier alpha value is -3.80. The van der Waals surface area contributed by atoms with E-state index in [9.17, 15) is 14.7 Å². The molecule has 27 heavy (non-hydrogen) atoms. The number of carbonyl (C=O) groups excluding carboxylic acids is 1. The average Bonchev–Trinajstić information content (AvgIpc) is 2.67. The van der Waals surface area contributed by atoms with Crippen molar-refractivity contribution >= 4 is 40.6 Å². The highest BCUT2D eigenvalue weighted by Crippen LogP contribution is 2.33. The Bertz CT molecular complexity index is 1010. The highest BCUT2D eigenvalue weighted by Gasteiger charge is 2.22. The summed E-state index contributed by atoms with van der Waals surface area (Å²) in [6.45, 7) is 7.69. The lowest BCUT2D eigenvalue weighted by Gasteiger charge is -2.21. The molecule has 0 fully saturated rings. The van der Waals surface area contributed by atoms with Gasteiger partial charge in [-0.2, -0.15) is 0 Å². The first-order chi connectivity index (χ1) is 13.0. The second-order valence-electron chi connectivity index (χ2n) is 5.92. The molecule has 0 saturated heterocycles. The van der Waals surface area contributed by atoms with Crippen molar-refractivity contribution in [3.63, 3.8) is 0 Å². The molecule has 1 heterocycles. The van der Waals surface area contributed by atoms with Crippen LogP contribution in [0.25, 0.3) is 11.6 Å². The van der Waals surface area contributed by atoms with Crippen molar-refractivity contribution in [2.75, 3.05) is 23.0 Å². The van der Waals surface area contributed by atoms with Crippen LogP contribution in [0.5, 0.6) is 0 Å². The first kappa shape index (κ1) is 18.0. The molecule has 0 atom stereocenters. The van der Waals surface area contributed by atoms with Gasteiger partial charge in [0.25, 0.3) is 5.91 Å². The third-order valence-electron chi connectivity index (χ3n) is 4.35. The number of rotatable bonds is 5. The SMILES string of the molecule is C=Cc1cc(C(=O)O)c(NC(=O)C2=CNc3ccccc3C2=C)cc1NC. The molecule has 136 valence electrons. The largest absolute Gasteiger partial charge is 0.478 e. The summed E-state index contributed by atoms with van der Waals surface area (Å²) in [5.41, 5.74) is 4.04. The van der Waals surface area contributed by atoms with Gasteiger partial charge in [-0.15, -0.1) is 0 Å². The van der Waals surface area contributed by atoms with Gasteiger partial charge in [0, 0.05) is 30.2 Å². The molecule has 0 bridgehead atoms. The van der Waals surface area contributed by atoms with Crippen molar-refractivity contribution in [3.05, 3.63) is 78.0 Å². The van der Waals surface area contributed by atoms with Crippen LogP contribution in [-0.4, -0.2) is 24.0 Å². The number of aromatic carboxylic acids is 1. The van der Waals surface area contributed by atoms with Crippen molar-refractivity contribution < 1.29 is 14.7 Å². The zero-order valence-corrected chi connectivity index (χ0v) is 14.8. The number of nitrogens with one attached hydrogen (secondary N) is 3. The molecule has 0 aliphatic carbocycles. The number of para-hydroxylation sites is 1. The van der Waals surface area contributed by atoms with E-state index in [0.29, 0.717) is 22.4 Å². The number of fused-ring (bicyclic) bond motifs is 1. The Kier molecular flexibility index (Phi) is 4.81. The van der Waals surface area contributed by atoms with Crippen LogP contribution in [0.3, 0.4) is 0 Å². The maximum atomic E-state index is 12.8. The molecule has 3 rings (SSSR count). The number of anilines is 3. The molecular weight excluding hydrogens is 342 g/mol. The van der Waals surface area contributed by atoms with Gasteiger partial charge in [-0.05, 0) is 29.3 Å². The predicted octanol–water partition coefficient (Wildman–Crippen LogP) is 4.03.